The molecule has 0 spiro atoms. The summed E-state index contributed by atoms with van der Waals surface area (Å²) >= 11 is 0. The van der Waals surface area contributed by atoms with Crippen LogP contribution in [-0.4, -0.2) is 17.9 Å². The van der Waals surface area contributed by atoms with Crippen molar-refractivity contribution in [1.82, 2.24) is 4.90 Å². The average Bonchev–Trinajstić information content (AvgIpc) is 3.12. The van der Waals surface area contributed by atoms with Crippen molar-refractivity contribution in [2.45, 2.75) is 19.4 Å². The van der Waals surface area contributed by atoms with Gasteiger partial charge in [-0.05, 0) is 18.9 Å². The van der Waals surface area contributed by atoms with Gasteiger partial charge in [-0.15, -0.1) is 0 Å². The molecule has 1 fully saturated rings. The van der Waals surface area contributed by atoms with Gasteiger partial charge in [-0.25, -0.2) is 4.39 Å². The van der Waals surface area contributed by atoms with Crippen LogP contribution in [0, 0.1) is 22.6 Å². The summed E-state index contributed by atoms with van der Waals surface area (Å²) in [5, 5.41) is 8.92. The van der Waals surface area contributed by atoms with Crippen molar-refractivity contribution in [2.75, 3.05) is 7.05 Å². The number of nitriles is 1. The summed E-state index contributed by atoms with van der Waals surface area (Å²) < 4.78 is 13.4. The normalized spacial score (nSPS) is 16.1. The zero-order valence-corrected chi connectivity index (χ0v) is 9.61. The maximum Gasteiger partial charge on any atom is 0.243 e. The minimum Gasteiger partial charge on any atom is -0.340 e. The van der Waals surface area contributed by atoms with Gasteiger partial charge in [-0.2, -0.15) is 5.26 Å². The van der Waals surface area contributed by atoms with Crippen LogP contribution in [-0.2, 0) is 11.3 Å². The van der Waals surface area contributed by atoms with Crippen molar-refractivity contribution < 1.29 is 9.18 Å². The van der Waals surface area contributed by atoms with E-state index in [1.807, 2.05) is 6.07 Å². The molecule has 1 amide bonds. The van der Waals surface area contributed by atoms with Crippen molar-refractivity contribution in [3.05, 3.63) is 35.6 Å². The van der Waals surface area contributed by atoms with Crippen LogP contribution in [0.4, 0.5) is 4.39 Å². The molecule has 0 radical (unpaired) electrons. The molecule has 0 N–H and O–H groups in total. The Kier molecular flexibility index (Phi) is 2.84. The van der Waals surface area contributed by atoms with Gasteiger partial charge in [0.1, 0.15) is 11.2 Å². The van der Waals surface area contributed by atoms with E-state index in [0.717, 1.165) is 0 Å². The highest BCUT2D eigenvalue weighted by atomic mass is 19.1. The Morgan fingerprint density at radius 2 is 2.18 bits per heavy atom. The summed E-state index contributed by atoms with van der Waals surface area (Å²) in [6, 6.07) is 8.40. The van der Waals surface area contributed by atoms with Gasteiger partial charge >= 0.3 is 0 Å². The molecule has 1 aromatic rings. The van der Waals surface area contributed by atoms with E-state index in [4.69, 9.17) is 5.26 Å². The van der Waals surface area contributed by atoms with E-state index >= 15 is 0 Å². The van der Waals surface area contributed by atoms with Crippen LogP contribution in [0.15, 0.2) is 24.3 Å². The zero-order chi connectivity index (χ0) is 12.5. The van der Waals surface area contributed by atoms with E-state index in [1.165, 1.54) is 11.0 Å². The van der Waals surface area contributed by atoms with Crippen LogP contribution in [0.25, 0.3) is 0 Å². The molecule has 0 atom stereocenters. The average molecular weight is 232 g/mol. The molecule has 0 bridgehead atoms. The minimum absolute atomic E-state index is 0.203. The van der Waals surface area contributed by atoms with Crippen LogP contribution in [0.5, 0.6) is 0 Å². The quantitative estimate of drug-likeness (QED) is 0.801. The highest BCUT2D eigenvalue weighted by Gasteiger charge is 2.51. The Labute approximate surface area is 99.5 Å². The number of carbonyl (C=O) groups excluding carboxylic acids is 1. The number of halogens is 1. The molecule has 1 aliphatic carbocycles. The van der Waals surface area contributed by atoms with Crippen LogP contribution in [0.1, 0.15) is 18.4 Å². The minimum atomic E-state index is -0.833. The lowest BCUT2D eigenvalue weighted by Gasteiger charge is -2.19. The SMILES string of the molecule is CN(Cc1ccccc1F)C(=O)C1(C#N)CC1. The summed E-state index contributed by atoms with van der Waals surface area (Å²) in [7, 11) is 1.60. The maximum absolute atomic E-state index is 13.4. The third-order valence-corrected chi connectivity index (χ3v) is 3.09. The highest BCUT2D eigenvalue weighted by Crippen LogP contribution is 2.46. The number of carbonyl (C=O) groups is 1. The molecule has 0 saturated heterocycles. The fraction of sp³-hybridized carbons (Fsp3) is 0.385. The Morgan fingerprint density at radius 3 is 2.71 bits per heavy atom. The van der Waals surface area contributed by atoms with Crippen molar-refractivity contribution >= 4 is 5.91 Å². The Hall–Kier alpha value is -1.89. The molecule has 3 nitrogen and oxygen atoms in total. The van der Waals surface area contributed by atoms with Crippen LogP contribution >= 0.6 is 0 Å². The van der Waals surface area contributed by atoms with Gasteiger partial charge in [0.25, 0.3) is 0 Å². The molecule has 1 aliphatic rings. The molecule has 0 heterocycles. The molecule has 1 saturated carbocycles. The predicted molar refractivity (Wildman–Crippen MR) is 60.2 cm³/mol. The monoisotopic (exact) mass is 232 g/mol. The van der Waals surface area contributed by atoms with E-state index in [1.54, 1.807) is 25.2 Å². The maximum atomic E-state index is 13.4. The number of rotatable bonds is 3. The highest BCUT2D eigenvalue weighted by molar-refractivity contribution is 5.88. The van der Waals surface area contributed by atoms with Gasteiger partial charge in [0, 0.05) is 19.2 Å². The number of benzene rings is 1. The van der Waals surface area contributed by atoms with Crippen molar-refractivity contribution in [3.63, 3.8) is 0 Å². The predicted octanol–water partition coefficient (Wildman–Crippen LogP) is 2.09. The lowest BCUT2D eigenvalue weighted by molar-refractivity contribution is -0.134. The topological polar surface area (TPSA) is 44.1 Å². The number of nitrogens with zero attached hydrogens (tertiary/aromatic N) is 2. The summed E-state index contributed by atoms with van der Waals surface area (Å²) in [5.74, 6) is -0.530. The lowest BCUT2D eigenvalue weighted by Crippen LogP contribution is -2.33. The summed E-state index contributed by atoms with van der Waals surface area (Å²) in [5.41, 5.74) is -0.364. The van der Waals surface area contributed by atoms with Crippen LogP contribution < -0.4 is 0 Å². The standard InChI is InChI=1S/C13H13FN2O/c1-16(12(17)13(9-15)6-7-13)8-10-4-2-3-5-11(10)14/h2-5H,6-8H2,1H3. The van der Waals surface area contributed by atoms with Crippen LogP contribution in [0.2, 0.25) is 0 Å². The van der Waals surface area contributed by atoms with E-state index in [2.05, 4.69) is 0 Å². The first-order chi connectivity index (χ1) is 8.09. The molecular formula is C13H13FN2O. The Balaban J connectivity index is 2.08. The third kappa shape index (κ3) is 2.14. The number of amides is 1. The van der Waals surface area contributed by atoms with E-state index in [-0.39, 0.29) is 18.3 Å². The molecule has 1 aromatic carbocycles. The van der Waals surface area contributed by atoms with Crippen molar-refractivity contribution in [2.24, 2.45) is 5.41 Å². The van der Waals surface area contributed by atoms with Gasteiger partial charge in [-0.1, -0.05) is 18.2 Å². The number of hydrogen-bond acceptors (Lipinski definition) is 2. The largest absolute Gasteiger partial charge is 0.340 e. The van der Waals surface area contributed by atoms with Crippen molar-refractivity contribution in [3.8, 4) is 6.07 Å². The first-order valence-corrected chi connectivity index (χ1v) is 5.49. The van der Waals surface area contributed by atoms with Gasteiger partial charge in [0.05, 0.1) is 6.07 Å². The Bertz CT molecular complexity index is 488. The number of hydrogen-bond donors (Lipinski definition) is 0. The summed E-state index contributed by atoms with van der Waals surface area (Å²) in [6.45, 7) is 0.203. The molecule has 0 aromatic heterocycles. The van der Waals surface area contributed by atoms with Gasteiger partial charge in [-0.3, -0.25) is 4.79 Å². The second-order valence-corrected chi connectivity index (χ2v) is 4.45. The molecule has 2 rings (SSSR count). The lowest BCUT2D eigenvalue weighted by atomic mass is 10.1. The first kappa shape index (κ1) is 11.6. The summed E-state index contributed by atoms with van der Waals surface area (Å²) in [4.78, 5) is 13.4. The van der Waals surface area contributed by atoms with Gasteiger partial charge < -0.3 is 4.90 Å². The zero-order valence-electron chi connectivity index (χ0n) is 9.61. The second-order valence-electron chi connectivity index (χ2n) is 4.45. The smallest absolute Gasteiger partial charge is 0.243 e. The van der Waals surface area contributed by atoms with Crippen LogP contribution in [0.3, 0.4) is 0 Å². The van der Waals surface area contributed by atoms with Gasteiger partial charge in [0.2, 0.25) is 5.91 Å². The first-order valence-electron chi connectivity index (χ1n) is 5.49. The fourth-order valence-electron chi connectivity index (χ4n) is 1.82. The van der Waals surface area contributed by atoms with E-state index < -0.39 is 5.41 Å². The third-order valence-electron chi connectivity index (χ3n) is 3.09. The van der Waals surface area contributed by atoms with Gasteiger partial charge in [0.15, 0.2) is 0 Å². The van der Waals surface area contributed by atoms with Crippen molar-refractivity contribution in [1.29, 1.82) is 5.26 Å². The summed E-state index contributed by atoms with van der Waals surface area (Å²) in [6.07, 6.45) is 1.23. The molecule has 17 heavy (non-hydrogen) atoms. The molecule has 4 heteroatoms. The molecular weight excluding hydrogens is 219 g/mol. The fourth-order valence-corrected chi connectivity index (χ4v) is 1.82. The second kappa shape index (κ2) is 4.17. The van der Waals surface area contributed by atoms with E-state index in [9.17, 15) is 9.18 Å². The molecule has 88 valence electrons. The molecule has 0 unspecified atom stereocenters. The van der Waals surface area contributed by atoms with E-state index in [0.29, 0.717) is 18.4 Å². The Morgan fingerprint density at radius 1 is 1.53 bits per heavy atom. The molecule has 0 aliphatic heterocycles.